The fourth-order valence-electron chi connectivity index (χ4n) is 3.14. The molecular formula is C22H16F3N3O. The second-order valence-corrected chi connectivity index (χ2v) is 6.46. The summed E-state index contributed by atoms with van der Waals surface area (Å²) in [7, 11) is 0. The minimum absolute atomic E-state index is 0.0427. The number of aromatic hydroxyl groups is 1. The molecule has 7 heteroatoms. The molecule has 0 saturated carbocycles. The van der Waals surface area contributed by atoms with Crippen LogP contribution in [0.4, 0.5) is 24.5 Å². The summed E-state index contributed by atoms with van der Waals surface area (Å²) in [6, 6.07) is 17.4. The monoisotopic (exact) mass is 395 g/mol. The molecule has 4 rings (SSSR count). The lowest BCUT2D eigenvalue weighted by atomic mass is 10.1. The van der Waals surface area contributed by atoms with Crippen molar-refractivity contribution in [1.82, 2.24) is 9.97 Å². The van der Waals surface area contributed by atoms with Gasteiger partial charge in [0, 0.05) is 23.5 Å². The third-order valence-corrected chi connectivity index (χ3v) is 4.57. The molecule has 4 aromatic rings. The van der Waals surface area contributed by atoms with Crippen LogP contribution < -0.4 is 4.90 Å². The van der Waals surface area contributed by atoms with Gasteiger partial charge in [0.2, 0.25) is 0 Å². The van der Waals surface area contributed by atoms with Crippen LogP contribution in [0.2, 0.25) is 0 Å². The van der Waals surface area contributed by atoms with Gasteiger partial charge in [-0.05, 0) is 48.5 Å². The van der Waals surface area contributed by atoms with E-state index in [4.69, 9.17) is 0 Å². The summed E-state index contributed by atoms with van der Waals surface area (Å²) < 4.78 is 38.9. The lowest BCUT2D eigenvalue weighted by molar-refractivity contribution is -0.137. The highest BCUT2D eigenvalue weighted by Gasteiger charge is 2.30. The van der Waals surface area contributed by atoms with Gasteiger partial charge < -0.3 is 10.0 Å². The van der Waals surface area contributed by atoms with E-state index < -0.39 is 11.7 Å². The van der Waals surface area contributed by atoms with E-state index >= 15 is 0 Å². The van der Waals surface area contributed by atoms with Gasteiger partial charge in [0.25, 0.3) is 0 Å². The Bertz CT molecular complexity index is 1130. The maximum Gasteiger partial charge on any atom is 0.416 e. The standard InChI is InChI=1S/C22H16F3N3O/c23-22(24,25)16-7-9-18(10-8-16)28(14-17-5-1-2-12-26-17)19-11-6-15-4-3-13-27-20(15)21(19)29/h1-13,29H,14H2. The van der Waals surface area contributed by atoms with E-state index in [1.54, 1.807) is 35.5 Å². The van der Waals surface area contributed by atoms with Crippen LogP contribution >= 0.6 is 0 Å². The van der Waals surface area contributed by atoms with Gasteiger partial charge in [0.05, 0.1) is 23.5 Å². The zero-order valence-electron chi connectivity index (χ0n) is 15.1. The van der Waals surface area contributed by atoms with E-state index in [2.05, 4.69) is 9.97 Å². The number of rotatable bonds is 4. The third kappa shape index (κ3) is 3.85. The van der Waals surface area contributed by atoms with Crippen molar-refractivity contribution >= 4 is 22.3 Å². The Labute approximate surface area is 164 Å². The molecule has 0 spiro atoms. The van der Waals surface area contributed by atoms with Crippen LogP contribution in [0.3, 0.4) is 0 Å². The molecule has 0 radical (unpaired) electrons. The van der Waals surface area contributed by atoms with Crippen LogP contribution in [0.15, 0.2) is 79.1 Å². The Kier molecular flexibility index (Phi) is 4.80. The van der Waals surface area contributed by atoms with Crippen molar-refractivity contribution < 1.29 is 18.3 Å². The molecule has 4 nitrogen and oxygen atoms in total. The number of phenols is 1. The van der Waals surface area contributed by atoms with Crippen molar-refractivity contribution in [2.24, 2.45) is 0 Å². The Balaban J connectivity index is 1.82. The second kappa shape index (κ2) is 7.43. The van der Waals surface area contributed by atoms with Gasteiger partial charge in [-0.1, -0.05) is 18.2 Å². The van der Waals surface area contributed by atoms with E-state index in [1.165, 1.54) is 12.1 Å². The smallest absolute Gasteiger partial charge is 0.416 e. The molecule has 0 bridgehead atoms. The van der Waals surface area contributed by atoms with Crippen LogP contribution in [0.1, 0.15) is 11.3 Å². The van der Waals surface area contributed by atoms with Gasteiger partial charge >= 0.3 is 6.18 Å². The van der Waals surface area contributed by atoms with Crippen molar-refractivity contribution in [3.05, 3.63) is 90.4 Å². The van der Waals surface area contributed by atoms with Crippen LogP contribution in [0.5, 0.6) is 5.75 Å². The van der Waals surface area contributed by atoms with Gasteiger partial charge in [0.15, 0.2) is 5.75 Å². The molecule has 2 aromatic heterocycles. The molecular weight excluding hydrogens is 379 g/mol. The number of nitrogens with zero attached hydrogens (tertiary/aromatic N) is 3. The highest BCUT2D eigenvalue weighted by molar-refractivity contribution is 5.91. The van der Waals surface area contributed by atoms with E-state index in [9.17, 15) is 18.3 Å². The number of pyridine rings is 2. The van der Waals surface area contributed by atoms with Crippen molar-refractivity contribution in [1.29, 1.82) is 0 Å². The number of phenolic OH excluding ortho intramolecular Hbond substituents is 1. The highest BCUT2D eigenvalue weighted by Crippen LogP contribution is 2.39. The highest BCUT2D eigenvalue weighted by atomic mass is 19.4. The zero-order chi connectivity index (χ0) is 20.4. The van der Waals surface area contributed by atoms with Gasteiger partial charge in [-0.15, -0.1) is 0 Å². The normalized spacial score (nSPS) is 11.6. The first-order chi connectivity index (χ1) is 13.9. The van der Waals surface area contributed by atoms with E-state index in [0.29, 0.717) is 22.6 Å². The van der Waals surface area contributed by atoms with E-state index in [-0.39, 0.29) is 12.3 Å². The quantitative estimate of drug-likeness (QED) is 0.482. The van der Waals surface area contributed by atoms with Crippen LogP contribution in [0.25, 0.3) is 10.9 Å². The van der Waals surface area contributed by atoms with Crippen molar-refractivity contribution in [3.63, 3.8) is 0 Å². The molecule has 2 heterocycles. The zero-order valence-corrected chi connectivity index (χ0v) is 15.1. The molecule has 146 valence electrons. The topological polar surface area (TPSA) is 49.2 Å². The van der Waals surface area contributed by atoms with Crippen molar-refractivity contribution in [3.8, 4) is 5.75 Å². The molecule has 0 aliphatic rings. The maximum atomic E-state index is 13.0. The number of benzene rings is 2. The molecule has 2 aromatic carbocycles. The summed E-state index contributed by atoms with van der Waals surface area (Å²) in [6.45, 7) is 0.262. The molecule has 0 fully saturated rings. The number of hydrogen-bond acceptors (Lipinski definition) is 4. The maximum absolute atomic E-state index is 13.0. The Hall–Kier alpha value is -3.61. The fourth-order valence-corrected chi connectivity index (χ4v) is 3.14. The molecule has 0 atom stereocenters. The first-order valence-electron chi connectivity index (χ1n) is 8.85. The Morgan fingerprint density at radius 2 is 1.59 bits per heavy atom. The average molecular weight is 395 g/mol. The largest absolute Gasteiger partial charge is 0.504 e. The molecule has 0 saturated heterocycles. The molecule has 0 aliphatic heterocycles. The summed E-state index contributed by atoms with van der Waals surface area (Å²) in [4.78, 5) is 10.2. The van der Waals surface area contributed by atoms with Crippen molar-refractivity contribution in [2.75, 3.05) is 4.90 Å². The Morgan fingerprint density at radius 1 is 0.828 bits per heavy atom. The molecule has 0 amide bonds. The number of aromatic nitrogens is 2. The lowest BCUT2D eigenvalue weighted by Crippen LogP contribution is -2.18. The van der Waals surface area contributed by atoms with E-state index in [1.807, 2.05) is 24.3 Å². The third-order valence-electron chi connectivity index (χ3n) is 4.57. The average Bonchev–Trinajstić information content (AvgIpc) is 2.73. The number of hydrogen-bond donors (Lipinski definition) is 1. The number of anilines is 2. The summed E-state index contributed by atoms with van der Waals surface area (Å²) in [6.07, 6.45) is -1.20. The predicted octanol–water partition coefficient (Wildman–Crippen LogP) is 5.69. The summed E-state index contributed by atoms with van der Waals surface area (Å²) in [5, 5.41) is 11.6. The lowest BCUT2D eigenvalue weighted by Gasteiger charge is -2.26. The molecule has 1 N–H and O–H groups in total. The fraction of sp³-hybridized carbons (Fsp3) is 0.0909. The van der Waals surface area contributed by atoms with Crippen LogP contribution in [0, 0.1) is 0 Å². The summed E-state index contributed by atoms with van der Waals surface area (Å²) >= 11 is 0. The molecule has 29 heavy (non-hydrogen) atoms. The SMILES string of the molecule is Oc1c(N(Cc2ccccn2)c2ccc(C(F)(F)F)cc2)ccc2cccnc12. The van der Waals surface area contributed by atoms with Crippen LogP contribution in [-0.4, -0.2) is 15.1 Å². The van der Waals surface area contributed by atoms with Gasteiger partial charge in [0.1, 0.15) is 5.52 Å². The van der Waals surface area contributed by atoms with Gasteiger partial charge in [-0.25, -0.2) is 0 Å². The predicted molar refractivity (Wildman–Crippen MR) is 105 cm³/mol. The first kappa shape index (κ1) is 18.7. The van der Waals surface area contributed by atoms with Gasteiger partial charge in [-0.3, -0.25) is 9.97 Å². The van der Waals surface area contributed by atoms with E-state index in [0.717, 1.165) is 17.5 Å². The van der Waals surface area contributed by atoms with Crippen LogP contribution in [-0.2, 0) is 12.7 Å². The molecule has 0 aliphatic carbocycles. The Morgan fingerprint density at radius 3 is 2.28 bits per heavy atom. The minimum Gasteiger partial charge on any atom is -0.504 e. The number of fused-ring (bicyclic) bond motifs is 1. The minimum atomic E-state index is -4.42. The van der Waals surface area contributed by atoms with Gasteiger partial charge in [-0.2, -0.15) is 13.2 Å². The molecule has 0 unspecified atom stereocenters. The summed E-state index contributed by atoms with van der Waals surface area (Å²) in [5.74, 6) is -0.0427. The first-order valence-corrected chi connectivity index (χ1v) is 8.85. The van der Waals surface area contributed by atoms with Crippen molar-refractivity contribution in [2.45, 2.75) is 12.7 Å². The summed E-state index contributed by atoms with van der Waals surface area (Å²) in [5.41, 5.74) is 1.31. The second-order valence-electron chi connectivity index (χ2n) is 6.46. The number of alkyl halides is 3. The number of halogens is 3.